The third-order valence-electron chi connectivity index (χ3n) is 7.87. The summed E-state index contributed by atoms with van der Waals surface area (Å²) in [4.78, 5) is 23.5. The standard InChI is InChI=1S/C32H39N3O2/c1-7-21-18-22(13-12-20(21)3)24-15-16-27(26-11-9-10-25(24)26)28-19-33-30(34-28)29-17-14-23(8-2)35(29)31(36)37-32(4,5)6/h7,12-13,15-16,18-19,23,29H,1,8-11,14,17H2,2-6H3,(H,33,34). The molecule has 1 fully saturated rings. The highest BCUT2D eigenvalue weighted by molar-refractivity contribution is 5.78. The van der Waals surface area contributed by atoms with Gasteiger partial charge in [-0.1, -0.05) is 43.8 Å². The second kappa shape index (κ2) is 9.85. The third-order valence-corrected chi connectivity index (χ3v) is 7.87. The molecule has 2 atom stereocenters. The first-order valence-electron chi connectivity index (χ1n) is 13.6. The summed E-state index contributed by atoms with van der Waals surface area (Å²) in [7, 11) is 0. The van der Waals surface area contributed by atoms with Crippen LogP contribution in [0.15, 0.2) is 43.1 Å². The predicted molar refractivity (Wildman–Crippen MR) is 150 cm³/mol. The summed E-state index contributed by atoms with van der Waals surface area (Å²) in [6.45, 7) is 14.0. The van der Waals surface area contributed by atoms with Gasteiger partial charge in [-0.2, -0.15) is 0 Å². The highest BCUT2D eigenvalue weighted by Gasteiger charge is 2.40. The van der Waals surface area contributed by atoms with Crippen LogP contribution in [0.5, 0.6) is 0 Å². The van der Waals surface area contributed by atoms with E-state index in [1.165, 1.54) is 38.9 Å². The number of ether oxygens (including phenoxy) is 1. The lowest BCUT2D eigenvalue weighted by Gasteiger charge is -2.31. The number of nitrogens with zero attached hydrogens (tertiary/aromatic N) is 2. The number of aryl methyl sites for hydroxylation is 1. The van der Waals surface area contributed by atoms with Crippen molar-refractivity contribution in [2.45, 2.75) is 90.8 Å². The van der Waals surface area contributed by atoms with Crippen LogP contribution in [0.3, 0.4) is 0 Å². The Kier molecular flexibility index (Phi) is 6.74. The van der Waals surface area contributed by atoms with Gasteiger partial charge in [-0.25, -0.2) is 9.78 Å². The van der Waals surface area contributed by atoms with Crippen LogP contribution in [0.25, 0.3) is 28.5 Å². The number of imidazole rings is 1. The van der Waals surface area contributed by atoms with Gasteiger partial charge in [0, 0.05) is 11.6 Å². The van der Waals surface area contributed by atoms with Crippen molar-refractivity contribution in [2.75, 3.05) is 0 Å². The minimum Gasteiger partial charge on any atom is -0.444 e. The number of carbonyl (C=O) groups excluding carboxylic acids is 1. The van der Waals surface area contributed by atoms with Crippen LogP contribution in [0.2, 0.25) is 0 Å². The molecule has 1 amide bonds. The monoisotopic (exact) mass is 497 g/mol. The van der Waals surface area contributed by atoms with Crippen LogP contribution in [-0.4, -0.2) is 32.6 Å². The van der Waals surface area contributed by atoms with Crippen molar-refractivity contribution in [2.24, 2.45) is 0 Å². The quantitative estimate of drug-likeness (QED) is 0.388. The summed E-state index contributed by atoms with van der Waals surface area (Å²) in [5.41, 5.74) is 9.57. The summed E-state index contributed by atoms with van der Waals surface area (Å²) in [6.07, 6.45) is 9.71. The second-order valence-electron chi connectivity index (χ2n) is 11.5. The van der Waals surface area contributed by atoms with Crippen LogP contribution >= 0.6 is 0 Å². The van der Waals surface area contributed by atoms with Gasteiger partial charge in [-0.3, -0.25) is 4.90 Å². The second-order valence-corrected chi connectivity index (χ2v) is 11.5. The molecular formula is C32H39N3O2. The molecule has 1 aliphatic heterocycles. The zero-order valence-corrected chi connectivity index (χ0v) is 22.9. The molecule has 5 rings (SSSR count). The van der Waals surface area contributed by atoms with Crippen molar-refractivity contribution in [3.8, 4) is 22.4 Å². The average Bonchev–Trinajstić information content (AvgIpc) is 3.61. The van der Waals surface area contributed by atoms with Crippen LogP contribution in [0.1, 0.15) is 87.5 Å². The number of nitrogens with one attached hydrogen (secondary N) is 1. The number of H-pyrrole nitrogens is 1. The largest absolute Gasteiger partial charge is 0.444 e. The Labute approximate surface area is 221 Å². The topological polar surface area (TPSA) is 58.2 Å². The first kappa shape index (κ1) is 25.3. The Morgan fingerprint density at radius 1 is 1.16 bits per heavy atom. The van der Waals surface area contributed by atoms with Crippen molar-refractivity contribution < 1.29 is 9.53 Å². The lowest BCUT2D eigenvalue weighted by molar-refractivity contribution is 0.0133. The maximum atomic E-state index is 13.1. The van der Waals surface area contributed by atoms with Gasteiger partial charge in [-0.05, 0) is 106 Å². The van der Waals surface area contributed by atoms with E-state index < -0.39 is 5.60 Å². The molecule has 2 heterocycles. The smallest absolute Gasteiger partial charge is 0.411 e. The molecule has 1 aliphatic carbocycles. The van der Waals surface area contributed by atoms with E-state index in [0.29, 0.717) is 0 Å². The molecule has 194 valence electrons. The molecule has 0 radical (unpaired) electrons. The van der Waals surface area contributed by atoms with Crippen molar-refractivity contribution in [1.82, 2.24) is 14.9 Å². The van der Waals surface area contributed by atoms with E-state index >= 15 is 0 Å². The van der Waals surface area contributed by atoms with Crippen molar-refractivity contribution in [3.05, 3.63) is 71.2 Å². The summed E-state index contributed by atoms with van der Waals surface area (Å²) in [5.74, 6) is 0.849. The number of hydrogen-bond acceptors (Lipinski definition) is 3. The van der Waals surface area contributed by atoms with Gasteiger partial charge in [0.15, 0.2) is 0 Å². The number of benzene rings is 2. The van der Waals surface area contributed by atoms with Crippen LogP contribution in [0.4, 0.5) is 4.79 Å². The highest BCUT2D eigenvalue weighted by Crippen LogP contribution is 2.41. The number of aromatic amines is 1. The van der Waals surface area contributed by atoms with Crippen LogP contribution in [-0.2, 0) is 17.6 Å². The average molecular weight is 498 g/mol. The SMILES string of the molecule is C=Cc1cc(-c2ccc(-c3cnc(C4CCC(CC)N4C(=O)OC(C)(C)C)[nH]3)c3c2CCC3)ccc1C. The molecule has 1 N–H and O–H groups in total. The molecular weight excluding hydrogens is 458 g/mol. The molecule has 2 aromatic carbocycles. The molecule has 0 spiro atoms. The fraction of sp³-hybridized carbons (Fsp3) is 0.438. The van der Waals surface area contributed by atoms with E-state index in [1.807, 2.05) is 37.9 Å². The van der Waals surface area contributed by atoms with Crippen molar-refractivity contribution >= 4 is 12.2 Å². The Hall–Kier alpha value is -3.34. The Balaban J connectivity index is 1.47. The number of fused-ring (bicyclic) bond motifs is 1. The fourth-order valence-corrected chi connectivity index (χ4v) is 6.04. The molecule has 0 saturated carbocycles. The minimum absolute atomic E-state index is 0.0919. The first-order chi connectivity index (χ1) is 17.7. The maximum Gasteiger partial charge on any atom is 0.411 e. The van der Waals surface area contributed by atoms with E-state index in [-0.39, 0.29) is 18.2 Å². The lowest BCUT2D eigenvalue weighted by Crippen LogP contribution is -2.41. The summed E-state index contributed by atoms with van der Waals surface area (Å²) < 4.78 is 5.78. The minimum atomic E-state index is -0.525. The van der Waals surface area contributed by atoms with E-state index in [4.69, 9.17) is 9.72 Å². The molecule has 1 saturated heterocycles. The molecule has 5 heteroatoms. The zero-order valence-electron chi connectivity index (χ0n) is 22.9. The molecule has 2 unspecified atom stereocenters. The predicted octanol–water partition coefficient (Wildman–Crippen LogP) is 8.03. The zero-order chi connectivity index (χ0) is 26.3. The first-order valence-corrected chi connectivity index (χ1v) is 13.6. The van der Waals surface area contributed by atoms with Crippen LogP contribution < -0.4 is 0 Å². The number of amides is 1. The highest BCUT2D eigenvalue weighted by atomic mass is 16.6. The number of carbonyl (C=O) groups is 1. The van der Waals surface area contributed by atoms with Gasteiger partial charge < -0.3 is 9.72 Å². The Morgan fingerprint density at radius 2 is 1.89 bits per heavy atom. The Bertz CT molecular complexity index is 1330. The van der Waals surface area contributed by atoms with Gasteiger partial charge in [-0.15, -0.1) is 0 Å². The van der Waals surface area contributed by atoms with Gasteiger partial charge >= 0.3 is 6.09 Å². The molecule has 1 aromatic heterocycles. The third kappa shape index (κ3) is 4.84. The molecule has 5 nitrogen and oxygen atoms in total. The van der Waals surface area contributed by atoms with Gasteiger partial charge in [0.05, 0.1) is 17.9 Å². The molecule has 0 bridgehead atoms. The maximum absolute atomic E-state index is 13.1. The van der Waals surface area contributed by atoms with Gasteiger partial charge in [0.1, 0.15) is 11.4 Å². The molecule has 3 aromatic rings. The summed E-state index contributed by atoms with van der Waals surface area (Å²) in [6, 6.07) is 11.2. The van der Waals surface area contributed by atoms with E-state index in [0.717, 1.165) is 50.0 Å². The number of aromatic nitrogens is 2. The summed E-state index contributed by atoms with van der Waals surface area (Å²) in [5, 5.41) is 0. The Morgan fingerprint density at radius 3 is 2.59 bits per heavy atom. The van der Waals surface area contributed by atoms with Crippen molar-refractivity contribution in [1.29, 1.82) is 0 Å². The normalized spacial score (nSPS) is 19.2. The molecule has 37 heavy (non-hydrogen) atoms. The van der Waals surface area contributed by atoms with Crippen molar-refractivity contribution in [3.63, 3.8) is 0 Å². The lowest BCUT2D eigenvalue weighted by atomic mass is 9.91. The fourth-order valence-electron chi connectivity index (χ4n) is 6.04. The van der Waals surface area contributed by atoms with E-state index in [1.54, 1.807) is 0 Å². The van der Waals surface area contributed by atoms with Gasteiger partial charge in [0.2, 0.25) is 0 Å². The van der Waals surface area contributed by atoms with E-state index in [9.17, 15) is 4.79 Å². The number of hydrogen-bond donors (Lipinski definition) is 1. The summed E-state index contributed by atoms with van der Waals surface area (Å²) >= 11 is 0. The van der Waals surface area contributed by atoms with Gasteiger partial charge in [0.25, 0.3) is 0 Å². The number of rotatable bonds is 5. The molecule has 2 aliphatic rings. The number of likely N-dealkylation sites (tertiary alicyclic amines) is 1. The van der Waals surface area contributed by atoms with E-state index in [2.05, 4.69) is 55.7 Å². The van der Waals surface area contributed by atoms with Crippen LogP contribution in [0, 0.1) is 6.92 Å².